The van der Waals surface area contributed by atoms with E-state index in [1.807, 2.05) is 0 Å². The van der Waals surface area contributed by atoms with Crippen LogP contribution in [0, 0.1) is 0 Å². The van der Waals surface area contributed by atoms with Crippen LogP contribution in [0.2, 0.25) is 0 Å². The molecule has 4 aliphatic heterocycles. The van der Waals surface area contributed by atoms with E-state index in [0.717, 1.165) is 0 Å². The zero-order chi connectivity index (χ0) is 29.5. The van der Waals surface area contributed by atoms with Crippen molar-refractivity contribution in [2.24, 2.45) is 0 Å². The fourth-order valence-electron chi connectivity index (χ4n) is 5.03. The second-order valence-electron chi connectivity index (χ2n) is 9.82. The van der Waals surface area contributed by atoms with Crippen molar-refractivity contribution in [2.45, 2.75) is 69.3 Å². The molecule has 4 aliphatic rings. The second kappa shape index (κ2) is 11.3. The minimum Gasteiger partial charge on any atom is -0.462 e. The molecule has 41 heavy (non-hydrogen) atoms. The fraction of sp³-hybridized carbons (Fsp3) is 0.625. The van der Waals surface area contributed by atoms with E-state index in [0.29, 0.717) is 6.61 Å². The van der Waals surface area contributed by atoms with Crippen LogP contribution >= 0.6 is 0 Å². The SMILES string of the molecule is CCOC(=O)c1cn([C@@H]2CC(=O)[C@H]3OC[C@@H]2O3)nc1N.CCOC(=O)c1cn([C@@H]2CC(O)(O)[C@H]3OC[C@@H]2O3)nc1N. The Hall–Kier alpha value is -3.61. The molecule has 0 unspecified atom stereocenters. The van der Waals surface area contributed by atoms with E-state index in [1.54, 1.807) is 13.8 Å². The van der Waals surface area contributed by atoms with Crippen LogP contribution in [0.4, 0.5) is 11.6 Å². The second-order valence-corrected chi connectivity index (χ2v) is 9.82. The Labute approximate surface area is 233 Å². The normalized spacial score (nSPS) is 29.5. The molecule has 6 rings (SSSR count). The molecule has 17 nitrogen and oxygen atoms in total. The first-order valence-corrected chi connectivity index (χ1v) is 13.1. The quantitative estimate of drug-likeness (QED) is 0.235. The number of nitrogens with two attached hydrogens (primary N) is 2. The topological polar surface area (TPSA) is 235 Å². The van der Waals surface area contributed by atoms with Crippen LogP contribution in [-0.4, -0.2) is 104 Å². The number of fused-ring (bicyclic) bond motifs is 4. The molecule has 0 aliphatic carbocycles. The van der Waals surface area contributed by atoms with Gasteiger partial charge < -0.3 is 50.1 Å². The first kappa shape index (κ1) is 28.9. The van der Waals surface area contributed by atoms with Crippen molar-refractivity contribution in [3.8, 4) is 0 Å². The van der Waals surface area contributed by atoms with Gasteiger partial charge in [-0.2, -0.15) is 10.2 Å². The summed E-state index contributed by atoms with van der Waals surface area (Å²) in [6, 6.07) is -0.809. The molecular formula is C24H32N6O11. The van der Waals surface area contributed by atoms with Gasteiger partial charge in [0.05, 0.1) is 38.5 Å². The molecule has 17 heteroatoms. The predicted octanol–water partition coefficient (Wildman–Crippen LogP) is -1.09. The number of aliphatic hydroxyl groups is 2. The number of carbonyl (C=O) groups excluding carboxylic acids is 3. The van der Waals surface area contributed by atoms with E-state index in [4.69, 9.17) is 39.9 Å². The summed E-state index contributed by atoms with van der Waals surface area (Å²) in [6.45, 7) is 4.43. The van der Waals surface area contributed by atoms with Gasteiger partial charge >= 0.3 is 11.9 Å². The number of ketones is 1. The van der Waals surface area contributed by atoms with Crippen LogP contribution in [0.15, 0.2) is 12.4 Å². The van der Waals surface area contributed by atoms with Gasteiger partial charge in [-0.3, -0.25) is 14.2 Å². The standard InChI is InChI=1S/C12H17N3O6.C12H15N3O5/c1-2-19-10(16)6-4-15(14-9(6)13)7-3-12(17,18)11-20-5-8(7)21-11;1-2-18-11(17)6-4-15(14-10(6)13)7-3-8(16)12-19-5-9(7)20-12/h4,7-8,11,17-18H,2-3,5H2,1H3,(H2,13,14);4,7,9,12H,2-3,5H2,1H3,(H2,13,14)/t7-,8+,11+;7-,9+,12+/m11/s1. The molecule has 0 saturated carbocycles. The zero-order valence-electron chi connectivity index (χ0n) is 22.4. The van der Waals surface area contributed by atoms with Crippen molar-refractivity contribution in [1.29, 1.82) is 0 Å². The third kappa shape index (κ3) is 5.64. The van der Waals surface area contributed by atoms with Gasteiger partial charge in [-0.1, -0.05) is 0 Å². The Balaban J connectivity index is 0.000000165. The fourth-order valence-corrected chi connectivity index (χ4v) is 5.03. The van der Waals surface area contributed by atoms with Gasteiger partial charge in [0, 0.05) is 25.2 Å². The average Bonchev–Trinajstić information content (AvgIpc) is 3.71. The summed E-state index contributed by atoms with van der Waals surface area (Å²) in [4.78, 5) is 35.2. The van der Waals surface area contributed by atoms with Crippen molar-refractivity contribution >= 4 is 29.4 Å². The lowest BCUT2D eigenvalue weighted by atomic mass is 9.99. The van der Waals surface area contributed by atoms with Gasteiger partial charge in [0.25, 0.3) is 0 Å². The van der Waals surface area contributed by atoms with Crippen molar-refractivity contribution < 1.29 is 53.0 Å². The molecule has 0 radical (unpaired) electrons. The number of hydrogen-bond acceptors (Lipinski definition) is 15. The maximum atomic E-state index is 11.7. The lowest BCUT2D eigenvalue weighted by Crippen LogP contribution is -2.50. The molecule has 224 valence electrons. The lowest BCUT2D eigenvalue weighted by molar-refractivity contribution is -0.315. The molecule has 6 atom stereocenters. The third-order valence-corrected chi connectivity index (χ3v) is 7.03. The zero-order valence-corrected chi connectivity index (χ0v) is 22.4. The number of ether oxygens (including phenoxy) is 6. The molecule has 6 N–H and O–H groups in total. The molecule has 0 amide bonds. The lowest BCUT2D eigenvalue weighted by Gasteiger charge is -2.36. The summed E-state index contributed by atoms with van der Waals surface area (Å²) in [5.41, 5.74) is 11.8. The van der Waals surface area contributed by atoms with Gasteiger partial charge in [-0.25, -0.2) is 9.59 Å². The number of aromatic nitrogens is 4. The highest BCUT2D eigenvalue weighted by Gasteiger charge is 2.53. The summed E-state index contributed by atoms with van der Waals surface area (Å²) in [5, 5.41) is 28.0. The minimum absolute atomic E-state index is 0.0240. The summed E-state index contributed by atoms with van der Waals surface area (Å²) in [7, 11) is 0. The van der Waals surface area contributed by atoms with E-state index >= 15 is 0 Å². The molecule has 2 aromatic rings. The predicted molar refractivity (Wildman–Crippen MR) is 134 cm³/mol. The van der Waals surface area contributed by atoms with Crippen LogP contribution in [0.1, 0.15) is 59.5 Å². The number of esters is 2. The van der Waals surface area contributed by atoms with Crippen molar-refractivity contribution in [1.82, 2.24) is 19.6 Å². The number of Topliss-reactive ketones (excluding diaryl/α,β-unsaturated/α-hetero) is 1. The molecule has 6 heterocycles. The summed E-state index contributed by atoms with van der Waals surface area (Å²) >= 11 is 0. The van der Waals surface area contributed by atoms with Gasteiger partial charge in [0.15, 0.2) is 17.4 Å². The number of anilines is 2. The Kier molecular flexibility index (Phi) is 8.00. The Morgan fingerprint density at radius 2 is 1.49 bits per heavy atom. The Bertz CT molecular complexity index is 1310. The summed E-state index contributed by atoms with van der Waals surface area (Å²) in [5.74, 6) is -3.23. The number of rotatable bonds is 6. The number of nitrogens with zero attached hydrogens (tertiary/aromatic N) is 4. The van der Waals surface area contributed by atoms with Crippen LogP contribution in [0.3, 0.4) is 0 Å². The van der Waals surface area contributed by atoms with E-state index < -0.39 is 36.3 Å². The van der Waals surface area contributed by atoms with Crippen LogP contribution < -0.4 is 11.5 Å². The van der Waals surface area contributed by atoms with E-state index in [1.165, 1.54) is 21.8 Å². The van der Waals surface area contributed by atoms with Crippen molar-refractivity contribution in [3.63, 3.8) is 0 Å². The van der Waals surface area contributed by atoms with Crippen LogP contribution in [0.5, 0.6) is 0 Å². The maximum absolute atomic E-state index is 11.7. The number of carbonyl (C=O) groups is 3. The van der Waals surface area contributed by atoms with Gasteiger partial charge in [0.1, 0.15) is 23.3 Å². The van der Waals surface area contributed by atoms with Crippen LogP contribution in [0.25, 0.3) is 0 Å². The highest BCUT2D eigenvalue weighted by atomic mass is 16.8. The molecule has 0 spiro atoms. The van der Waals surface area contributed by atoms with Gasteiger partial charge in [-0.05, 0) is 13.8 Å². The largest absolute Gasteiger partial charge is 0.462 e. The number of hydrogen-bond donors (Lipinski definition) is 4. The Morgan fingerprint density at radius 3 is 2.07 bits per heavy atom. The minimum atomic E-state index is -2.11. The van der Waals surface area contributed by atoms with E-state index in [9.17, 15) is 24.6 Å². The van der Waals surface area contributed by atoms with Crippen molar-refractivity contribution in [3.05, 3.63) is 23.5 Å². The van der Waals surface area contributed by atoms with Gasteiger partial charge in [0.2, 0.25) is 18.4 Å². The molecule has 4 saturated heterocycles. The van der Waals surface area contributed by atoms with E-state index in [2.05, 4.69) is 10.2 Å². The van der Waals surface area contributed by atoms with Crippen LogP contribution in [-0.2, 0) is 33.2 Å². The first-order valence-electron chi connectivity index (χ1n) is 13.1. The monoisotopic (exact) mass is 580 g/mol. The molecule has 0 aromatic carbocycles. The highest BCUT2D eigenvalue weighted by Crippen LogP contribution is 2.40. The summed E-state index contributed by atoms with van der Waals surface area (Å²) < 4.78 is 33.9. The maximum Gasteiger partial charge on any atom is 0.343 e. The third-order valence-electron chi connectivity index (χ3n) is 7.03. The van der Waals surface area contributed by atoms with E-state index in [-0.39, 0.29) is 79.5 Å². The van der Waals surface area contributed by atoms with Gasteiger partial charge in [-0.15, -0.1) is 0 Å². The molecule has 2 aromatic heterocycles. The molecule has 4 fully saturated rings. The number of nitrogen functional groups attached to an aromatic ring is 2. The molecule has 4 bridgehead atoms. The first-order chi connectivity index (χ1) is 19.5. The average molecular weight is 581 g/mol. The molecular weight excluding hydrogens is 548 g/mol. The highest BCUT2D eigenvalue weighted by molar-refractivity contribution is 5.94. The van der Waals surface area contributed by atoms with Crippen molar-refractivity contribution in [2.75, 3.05) is 37.9 Å². The smallest absolute Gasteiger partial charge is 0.343 e. The summed E-state index contributed by atoms with van der Waals surface area (Å²) in [6.07, 6.45) is 0.682. The Morgan fingerprint density at radius 1 is 0.951 bits per heavy atom.